The molecule has 0 aromatic carbocycles. The summed E-state index contributed by atoms with van der Waals surface area (Å²) in [6, 6.07) is 0.422. The zero-order chi connectivity index (χ0) is 13.0. The highest BCUT2D eigenvalue weighted by Gasteiger charge is 2.42. The maximum absolute atomic E-state index is 9.65. The summed E-state index contributed by atoms with van der Waals surface area (Å²) in [5, 5.41) is 13.2. The number of aliphatic hydroxyl groups excluding tert-OH is 1. The molecule has 0 spiro atoms. The van der Waals surface area contributed by atoms with Crippen LogP contribution in [0.4, 0.5) is 0 Å². The van der Waals surface area contributed by atoms with E-state index in [0.717, 1.165) is 38.8 Å². The molecule has 106 valence electrons. The van der Waals surface area contributed by atoms with E-state index in [0.29, 0.717) is 12.0 Å². The zero-order valence-corrected chi connectivity index (χ0v) is 11.6. The third-order valence-electron chi connectivity index (χ3n) is 4.33. The van der Waals surface area contributed by atoms with E-state index in [2.05, 4.69) is 5.32 Å². The van der Waals surface area contributed by atoms with Crippen LogP contribution in [0.3, 0.4) is 0 Å². The van der Waals surface area contributed by atoms with Crippen molar-refractivity contribution < 1.29 is 14.6 Å². The molecule has 0 amide bonds. The molecule has 0 aromatic rings. The smallest absolute Gasteiger partial charge is 0.0986 e. The molecule has 0 aliphatic heterocycles. The highest BCUT2D eigenvalue weighted by Crippen LogP contribution is 2.28. The molecule has 4 heteroatoms. The summed E-state index contributed by atoms with van der Waals surface area (Å²) in [5.41, 5.74) is 0. The van der Waals surface area contributed by atoms with Crippen LogP contribution in [0, 0.1) is 5.92 Å². The van der Waals surface area contributed by atoms with Crippen LogP contribution in [0.15, 0.2) is 0 Å². The van der Waals surface area contributed by atoms with E-state index in [1.165, 1.54) is 6.42 Å². The van der Waals surface area contributed by atoms with E-state index in [1.807, 2.05) is 6.92 Å². The van der Waals surface area contributed by atoms with Crippen LogP contribution >= 0.6 is 0 Å². The van der Waals surface area contributed by atoms with Gasteiger partial charge in [-0.3, -0.25) is 0 Å². The fourth-order valence-electron chi connectivity index (χ4n) is 3.24. The molecular formula is C14H27NO3. The predicted octanol–water partition coefficient (Wildman–Crippen LogP) is 1.32. The van der Waals surface area contributed by atoms with Gasteiger partial charge in [0.25, 0.3) is 0 Å². The number of aliphatic hydroxyl groups is 1. The lowest BCUT2D eigenvalue weighted by Gasteiger charge is -2.44. The van der Waals surface area contributed by atoms with Gasteiger partial charge in [-0.25, -0.2) is 0 Å². The third-order valence-corrected chi connectivity index (χ3v) is 4.33. The first-order chi connectivity index (χ1) is 8.74. The fraction of sp³-hybridized carbons (Fsp3) is 1.00. The van der Waals surface area contributed by atoms with Crippen LogP contribution in [-0.2, 0) is 9.47 Å². The summed E-state index contributed by atoms with van der Waals surface area (Å²) >= 11 is 0. The van der Waals surface area contributed by atoms with Crippen LogP contribution in [0.2, 0.25) is 0 Å². The standard InChI is InChI=1S/C14H27NO3/c1-3-18-13-8-12(14(13)17-2)15-9-10-5-4-6-11(16)7-10/h10-16H,3-9H2,1-2H3. The van der Waals surface area contributed by atoms with Crippen LogP contribution in [0.5, 0.6) is 0 Å². The Bertz CT molecular complexity index is 249. The summed E-state index contributed by atoms with van der Waals surface area (Å²) in [6.07, 6.45) is 5.74. The SMILES string of the molecule is CCOC1CC(NCC2CCCC(O)C2)C1OC. The lowest BCUT2D eigenvalue weighted by Crippen LogP contribution is -2.60. The van der Waals surface area contributed by atoms with Crippen LogP contribution in [0.25, 0.3) is 0 Å². The quantitative estimate of drug-likeness (QED) is 0.753. The average molecular weight is 257 g/mol. The molecule has 2 aliphatic rings. The van der Waals surface area contributed by atoms with Gasteiger partial charge in [0.2, 0.25) is 0 Å². The molecule has 0 aromatic heterocycles. The second-order valence-corrected chi connectivity index (χ2v) is 5.63. The van der Waals surface area contributed by atoms with E-state index in [9.17, 15) is 5.11 Å². The van der Waals surface area contributed by atoms with Gasteiger partial charge in [-0.2, -0.15) is 0 Å². The van der Waals surface area contributed by atoms with Crippen molar-refractivity contribution in [1.82, 2.24) is 5.32 Å². The Morgan fingerprint density at radius 2 is 2.11 bits per heavy atom. The van der Waals surface area contributed by atoms with Gasteiger partial charge in [0.05, 0.1) is 18.3 Å². The van der Waals surface area contributed by atoms with Crippen molar-refractivity contribution in [3.8, 4) is 0 Å². The summed E-state index contributed by atoms with van der Waals surface area (Å²) in [7, 11) is 1.76. The predicted molar refractivity (Wildman–Crippen MR) is 70.6 cm³/mol. The summed E-state index contributed by atoms with van der Waals surface area (Å²) in [6.45, 7) is 3.78. The summed E-state index contributed by atoms with van der Waals surface area (Å²) < 4.78 is 11.1. The van der Waals surface area contributed by atoms with E-state index in [-0.39, 0.29) is 18.3 Å². The summed E-state index contributed by atoms with van der Waals surface area (Å²) in [4.78, 5) is 0. The number of rotatable bonds is 6. The van der Waals surface area contributed by atoms with E-state index < -0.39 is 0 Å². The van der Waals surface area contributed by atoms with Gasteiger partial charge in [0, 0.05) is 19.8 Å². The Hall–Kier alpha value is -0.160. The van der Waals surface area contributed by atoms with Crippen molar-refractivity contribution >= 4 is 0 Å². The molecule has 4 nitrogen and oxygen atoms in total. The normalized spacial score (nSPS) is 40.5. The molecule has 0 heterocycles. The first-order valence-electron chi connectivity index (χ1n) is 7.30. The Balaban J connectivity index is 1.67. The molecule has 18 heavy (non-hydrogen) atoms. The van der Waals surface area contributed by atoms with Crippen LogP contribution < -0.4 is 5.32 Å². The van der Waals surface area contributed by atoms with Crippen LogP contribution in [0.1, 0.15) is 39.0 Å². The minimum atomic E-state index is -0.0821. The number of ether oxygens (including phenoxy) is 2. The Morgan fingerprint density at radius 1 is 1.28 bits per heavy atom. The van der Waals surface area contributed by atoms with Gasteiger partial charge >= 0.3 is 0 Å². The first kappa shape index (κ1) is 14.3. The molecule has 5 atom stereocenters. The van der Waals surface area contributed by atoms with Crippen molar-refractivity contribution in [1.29, 1.82) is 0 Å². The maximum atomic E-state index is 9.65. The Labute approximate surface area is 110 Å². The van der Waals surface area contributed by atoms with Crippen molar-refractivity contribution in [2.45, 2.75) is 63.4 Å². The average Bonchev–Trinajstić information content (AvgIpc) is 2.33. The van der Waals surface area contributed by atoms with Gasteiger partial charge in [-0.05, 0) is 45.1 Å². The van der Waals surface area contributed by atoms with E-state index in [4.69, 9.17) is 9.47 Å². The molecule has 0 saturated heterocycles. The zero-order valence-electron chi connectivity index (χ0n) is 11.6. The number of hydrogen-bond donors (Lipinski definition) is 2. The topological polar surface area (TPSA) is 50.7 Å². The van der Waals surface area contributed by atoms with Gasteiger partial charge in [0.1, 0.15) is 0 Å². The van der Waals surface area contributed by atoms with Crippen LogP contribution in [-0.4, -0.2) is 49.7 Å². The van der Waals surface area contributed by atoms with Gasteiger partial charge in [0.15, 0.2) is 0 Å². The monoisotopic (exact) mass is 257 g/mol. The largest absolute Gasteiger partial charge is 0.393 e. The Morgan fingerprint density at radius 3 is 2.78 bits per heavy atom. The molecule has 2 N–H and O–H groups in total. The summed E-state index contributed by atoms with van der Waals surface area (Å²) in [5.74, 6) is 0.623. The first-order valence-corrected chi connectivity index (χ1v) is 7.30. The van der Waals surface area contributed by atoms with Gasteiger partial charge in [-0.15, -0.1) is 0 Å². The molecule has 2 fully saturated rings. The third kappa shape index (κ3) is 3.44. The number of nitrogens with one attached hydrogen (secondary N) is 1. The van der Waals surface area contributed by atoms with Crippen molar-refractivity contribution in [2.75, 3.05) is 20.3 Å². The van der Waals surface area contributed by atoms with Gasteiger partial charge in [-0.1, -0.05) is 6.42 Å². The molecule has 0 radical (unpaired) electrons. The number of hydrogen-bond acceptors (Lipinski definition) is 4. The fourth-order valence-corrected chi connectivity index (χ4v) is 3.24. The highest BCUT2D eigenvalue weighted by molar-refractivity contribution is 4.97. The second-order valence-electron chi connectivity index (χ2n) is 5.63. The Kier molecular flexibility index (Phi) is 5.42. The van der Waals surface area contributed by atoms with Crippen molar-refractivity contribution in [3.63, 3.8) is 0 Å². The van der Waals surface area contributed by atoms with Crippen molar-refractivity contribution in [3.05, 3.63) is 0 Å². The maximum Gasteiger partial charge on any atom is 0.0986 e. The molecular weight excluding hydrogens is 230 g/mol. The second kappa shape index (κ2) is 6.85. The molecule has 2 rings (SSSR count). The van der Waals surface area contributed by atoms with E-state index >= 15 is 0 Å². The van der Waals surface area contributed by atoms with Gasteiger partial charge < -0.3 is 19.9 Å². The lowest BCUT2D eigenvalue weighted by molar-refractivity contribution is -0.131. The minimum Gasteiger partial charge on any atom is -0.393 e. The van der Waals surface area contributed by atoms with E-state index in [1.54, 1.807) is 7.11 Å². The molecule has 2 saturated carbocycles. The number of methoxy groups -OCH3 is 1. The molecule has 0 bridgehead atoms. The molecule has 5 unspecified atom stereocenters. The highest BCUT2D eigenvalue weighted by atomic mass is 16.5. The van der Waals surface area contributed by atoms with Crippen molar-refractivity contribution in [2.24, 2.45) is 5.92 Å². The lowest BCUT2D eigenvalue weighted by atomic mass is 9.83. The minimum absolute atomic E-state index is 0.0821. The molecule has 2 aliphatic carbocycles.